The lowest BCUT2D eigenvalue weighted by atomic mass is 9.95. The number of hydrogen-bond acceptors (Lipinski definition) is 8. The molecule has 1 aliphatic rings. The highest BCUT2D eigenvalue weighted by atomic mass is 16.5. The monoisotopic (exact) mass is 578 g/mol. The van der Waals surface area contributed by atoms with Gasteiger partial charge in [-0.3, -0.25) is 0 Å². The predicted octanol–water partition coefficient (Wildman–Crippen LogP) is 5.24. The number of esters is 2. The van der Waals surface area contributed by atoms with E-state index in [-0.39, 0.29) is 26.4 Å². The van der Waals surface area contributed by atoms with Gasteiger partial charge in [0.05, 0.1) is 13.2 Å². The summed E-state index contributed by atoms with van der Waals surface area (Å²) < 4.78 is 21.6. The van der Waals surface area contributed by atoms with Crippen molar-refractivity contribution in [1.82, 2.24) is 0 Å². The molecule has 0 atom stereocenters. The minimum absolute atomic E-state index is 0.0922. The standard InChI is InChI=1S/C35H30O8/c36-19-21-40-26-7-11-28(12-8-26)42-34(38)17-6-24-5-15-32-30-4-2-1-3-25(30)23-33(32)31(24)16-18-35(39)43-29-13-9-27(10-14-29)41-22-20-37/h1-18,36-37H,19-23H2. The molecule has 4 aromatic rings. The molecular formula is C35H30O8. The molecule has 0 spiro atoms. The van der Waals surface area contributed by atoms with Gasteiger partial charge in [-0.2, -0.15) is 0 Å². The van der Waals surface area contributed by atoms with Crippen LogP contribution in [0.25, 0.3) is 23.3 Å². The third-order valence-corrected chi connectivity index (χ3v) is 6.66. The lowest BCUT2D eigenvalue weighted by molar-refractivity contribution is -0.129. The minimum Gasteiger partial charge on any atom is -0.491 e. The van der Waals surface area contributed by atoms with Crippen LogP contribution in [-0.2, 0) is 16.0 Å². The molecule has 2 N–H and O–H groups in total. The Morgan fingerprint density at radius 3 is 1.74 bits per heavy atom. The molecule has 0 heterocycles. The van der Waals surface area contributed by atoms with Gasteiger partial charge in [-0.05, 0) is 100 Å². The highest BCUT2D eigenvalue weighted by Gasteiger charge is 2.21. The van der Waals surface area contributed by atoms with Crippen LogP contribution in [0.2, 0.25) is 0 Å². The number of ether oxygens (including phenoxy) is 4. The molecule has 0 saturated heterocycles. The van der Waals surface area contributed by atoms with Gasteiger partial charge in [0.2, 0.25) is 0 Å². The van der Waals surface area contributed by atoms with Gasteiger partial charge in [0.25, 0.3) is 0 Å². The van der Waals surface area contributed by atoms with E-state index >= 15 is 0 Å². The van der Waals surface area contributed by atoms with Crippen molar-refractivity contribution in [2.75, 3.05) is 26.4 Å². The molecule has 43 heavy (non-hydrogen) atoms. The van der Waals surface area contributed by atoms with Crippen molar-refractivity contribution in [3.63, 3.8) is 0 Å². The molecule has 0 saturated carbocycles. The van der Waals surface area contributed by atoms with Crippen molar-refractivity contribution in [2.45, 2.75) is 6.42 Å². The Morgan fingerprint density at radius 1 is 0.628 bits per heavy atom. The Hall–Kier alpha value is -5.18. The summed E-state index contributed by atoms with van der Waals surface area (Å²) in [6.07, 6.45) is 6.77. The number of aliphatic hydroxyl groups is 2. The van der Waals surface area contributed by atoms with E-state index in [1.807, 2.05) is 24.3 Å². The maximum Gasteiger partial charge on any atom is 0.336 e. The van der Waals surface area contributed by atoms with E-state index in [2.05, 4.69) is 12.1 Å². The van der Waals surface area contributed by atoms with Crippen LogP contribution >= 0.6 is 0 Å². The predicted molar refractivity (Wildman–Crippen MR) is 162 cm³/mol. The number of aliphatic hydroxyl groups excluding tert-OH is 2. The maximum atomic E-state index is 12.7. The molecule has 0 aromatic heterocycles. The quantitative estimate of drug-likeness (QED) is 0.118. The Morgan fingerprint density at radius 2 is 1.16 bits per heavy atom. The maximum absolute atomic E-state index is 12.7. The summed E-state index contributed by atoms with van der Waals surface area (Å²) in [5.74, 6) is 0.704. The first-order valence-electron chi connectivity index (χ1n) is 13.8. The largest absolute Gasteiger partial charge is 0.491 e. The molecule has 0 unspecified atom stereocenters. The number of hydrogen-bond donors (Lipinski definition) is 2. The summed E-state index contributed by atoms with van der Waals surface area (Å²) >= 11 is 0. The van der Waals surface area contributed by atoms with Crippen molar-refractivity contribution in [1.29, 1.82) is 0 Å². The molecule has 4 aromatic carbocycles. The van der Waals surface area contributed by atoms with Crippen LogP contribution in [0.3, 0.4) is 0 Å². The summed E-state index contributed by atoms with van der Waals surface area (Å²) in [5, 5.41) is 17.8. The topological polar surface area (TPSA) is 112 Å². The van der Waals surface area contributed by atoms with E-state index in [0.29, 0.717) is 29.4 Å². The second kappa shape index (κ2) is 14.1. The molecule has 8 nitrogen and oxygen atoms in total. The zero-order chi connectivity index (χ0) is 30.0. The second-order valence-electron chi connectivity index (χ2n) is 9.52. The fourth-order valence-electron chi connectivity index (χ4n) is 4.74. The average molecular weight is 579 g/mol. The lowest BCUT2D eigenvalue weighted by Crippen LogP contribution is -2.05. The van der Waals surface area contributed by atoms with Gasteiger partial charge in [0.1, 0.15) is 36.2 Å². The molecule has 8 heteroatoms. The van der Waals surface area contributed by atoms with E-state index in [0.717, 1.165) is 27.8 Å². The van der Waals surface area contributed by atoms with Gasteiger partial charge in [0.15, 0.2) is 0 Å². The molecule has 5 rings (SSSR count). The molecule has 0 fully saturated rings. The molecule has 1 aliphatic carbocycles. The third kappa shape index (κ3) is 7.56. The van der Waals surface area contributed by atoms with Gasteiger partial charge in [-0.25, -0.2) is 9.59 Å². The van der Waals surface area contributed by atoms with Gasteiger partial charge in [0, 0.05) is 12.2 Å². The number of carbonyl (C=O) groups is 2. The second-order valence-corrected chi connectivity index (χ2v) is 9.52. The zero-order valence-corrected chi connectivity index (χ0v) is 23.3. The first-order valence-corrected chi connectivity index (χ1v) is 13.8. The van der Waals surface area contributed by atoms with Gasteiger partial charge >= 0.3 is 11.9 Å². The van der Waals surface area contributed by atoms with Crippen LogP contribution < -0.4 is 18.9 Å². The molecular weight excluding hydrogens is 548 g/mol. The van der Waals surface area contributed by atoms with Crippen LogP contribution in [0.4, 0.5) is 0 Å². The van der Waals surface area contributed by atoms with Crippen LogP contribution in [0.5, 0.6) is 23.0 Å². The number of fused-ring (bicyclic) bond motifs is 3. The van der Waals surface area contributed by atoms with E-state index in [1.165, 1.54) is 17.7 Å². The highest BCUT2D eigenvalue weighted by molar-refractivity contribution is 5.94. The molecule has 0 amide bonds. The molecule has 218 valence electrons. The van der Waals surface area contributed by atoms with E-state index < -0.39 is 11.9 Å². The lowest BCUT2D eigenvalue weighted by Gasteiger charge is -2.10. The SMILES string of the molecule is O=C(C=Cc1ccc2c(c1C=CC(=O)Oc1ccc(OCCO)cc1)Cc1ccccc1-2)Oc1ccc(OCCO)cc1. The van der Waals surface area contributed by atoms with Crippen LogP contribution in [0.1, 0.15) is 22.3 Å². The average Bonchev–Trinajstić information content (AvgIpc) is 3.41. The van der Waals surface area contributed by atoms with Crippen molar-refractivity contribution >= 4 is 24.1 Å². The summed E-state index contributed by atoms with van der Waals surface area (Å²) in [6, 6.07) is 25.2. The van der Waals surface area contributed by atoms with Gasteiger partial charge in [-0.1, -0.05) is 36.4 Å². The van der Waals surface area contributed by atoms with Crippen LogP contribution in [0.15, 0.2) is 97.1 Å². The molecule has 0 bridgehead atoms. The highest BCUT2D eigenvalue weighted by Crippen LogP contribution is 2.40. The van der Waals surface area contributed by atoms with Crippen molar-refractivity contribution in [2.24, 2.45) is 0 Å². The Balaban J connectivity index is 1.33. The fraction of sp³-hybridized carbons (Fsp3) is 0.143. The Kier molecular flexibility index (Phi) is 9.63. The first kappa shape index (κ1) is 29.3. The fourth-order valence-corrected chi connectivity index (χ4v) is 4.74. The third-order valence-electron chi connectivity index (χ3n) is 6.66. The van der Waals surface area contributed by atoms with Gasteiger partial charge < -0.3 is 29.2 Å². The van der Waals surface area contributed by atoms with E-state index in [1.54, 1.807) is 60.7 Å². The zero-order valence-electron chi connectivity index (χ0n) is 23.3. The number of rotatable bonds is 12. The summed E-state index contributed by atoms with van der Waals surface area (Å²) in [4.78, 5) is 25.4. The Labute approximate surface area is 249 Å². The Bertz CT molecular complexity index is 1640. The summed E-state index contributed by atoms with van der Waals surface area (Å²) in [5.41, 5.74) is 5.98. The van der Waals surface area contributed by atoms with Crippen molar-refractivity contribution < 1.29 is 38.7 Å². The van der Waals surface area contributed by atoms with Crippen LogP contribution in [0, 0.1) is 0 Å². The van der Waals surface area contributed by atoms with Crippen molar-refractivity contribution in [3.05, 3.63) is 119 Å². The first-order chi connectivity index (χ1) is 21.0. The molecule has 0 aliphatic heterocycles. The van der Waals surface area contributed by atoms with Crippen LogP contribution in [-0.4, -0.2) is 48.6 Å². The van der Waals surface area contributed by atoms with Crippen molar-refractivity contribution in [3.8, 4) is 34.1 Å². The minimum atomic E-state index is -0.562. The number of carbonyl (C=O) groups excluding carboxylic acids is 2. The summed E-state index contributed by atoms with van der Waals surface area (Å²) in [6.45, 7) is 0.169. The van der Waals surface area contributed by atoms with E-state index in [4.69, 9.17) is 29.2 Å². The normalized spacial score (nSPS) is 11.8. The summed E-state index contributed by atoms with van der Waals surface area (Å²) in [7, 11) is 0. The number of benzene rings is 4. The molecule has 0 radical (unpaired) electrons. The van der Waals surface area contributed by atoms with E-state index in [9.17, 15) is 9.59 Å². The van der Waals surface area contributed by atoms with Gasteiger partial charge in [-0.15, -0.1) is 0 Å². The smallest absolute Gasteiger partial charge is 0.336 e.